The van der Waals surface area contributed by atoms with Crippen molar-refractivity contribution in [2.45, 2.75) is 39.8 Å². The van der Waals surface area contributed by atoms with E-state index in [2.05, 4.69) is 0 Å². The molecule has 0 bridgehead atoms. The number of nitrogens with zero attached hydrogens (tertiary/aromatic N) is 2. The normalized spacial score (nSPS) is 19.3. The first kappa shape index (κ1) is 15.5. The van der Waals surface area contributed by atoms with Crippen molar-refractivity contribution in [3.8, 4) is 0 Å². The summed E-state index contributed by atoms with van der Waals surface area (Å²) in [4.78, 5) is 27.5. The molecule has 0 saturated carbocycles. The molecule has 0 aliphatic carbocycles. The molecule has 21 heavy (non-hydrogen) atoms. The second-order valence-electron chi connectivity index (χ2n) is 5.51. The Labute approximate surface area is 124 Å². The smallest absolute Gasteiger partial charge is 0.245 e. The van der Waals surface area contributed by atoms with Crippen LogP contribution in [0.1, 0.15) is 31.4 Å². The van der Waals surface area contributed by atoms with E-state index >= 15 is 0 Å². The Balaban J connectivity index is 2.19. The van der Waals surface area contributed by atoms with E-state index in [1.807, 2.05) is 6.92 Å². The summed E-state index contributed by atoms with van der Waals surface area (Å²) < 4.78 is 14.1. The van der Waals surface area contributed by atoms with Crippen LogP contribution in [-0.4, -0.2) is 40.7 Å². The summed E-state index contributed by atoms with van der Waals surface area (Å²) in [5.41, 5.74) is 0.996. The van der Waals surface area contributed by atoms with Crippen molar-refractivity contribution in [3.05, 3.63) is 35.1 Å². The van der Waals surface area contributed by atoms with Gasteiger partial charge in [0, 0.05) is 18.7 Å². The van der Waals surface area contributed by atoms with E-state index in [-0.39, 0.29) is 30.7 Å². The lowest BCUT2D eigenvalue weighted by Gasteiger charge is -2.38. The highest BCUT2D eigenvalue weighted by Crippen LogP contribution is 2.19. The number of rotatable bonds is 4. The van der Waals surface area contributed by atoms with E-state index in [4.69, 9.17) is 0 Å². The molecule has 1 fully saturated rings. The fourth-order valence-corrected chi connectivity index (χ4v) is 2.64. The largest absolute Gasteiger partial charge is 0.332 e. The first-order valence-corrected chi connectivity index (χ1v) is 7.28. The Morgan fingerprint density at radius 1 is 1.33 bits per heavy atom. The number of carbonyl (C=O) groups excluding carboxylic acids is 2. The van der Waals surface area contributed by atoms with Gasteiger partial charge in [-0.15, -0.1) is 0 Å². The van der Waals surface area contributed by atoms with Crippen molar-refractivity contribution in [2.24, 2.45) is 0 Å². The zero-order chi connectivity index (χ0) is 15.6. The van der Waals surface area contributed by atoms with Crippen LogP contribution in [0.2, 0.25) is 0 Å². The molecule has 0 N–H and O–H groups in total. The molecular weight excluding hydrogens is 271 g/mol. The minimum Gasteiger partial charge on any atom is -0.332 e. The zero-order valence-electron chi connectivity index (χ0n) is 12.7. The maximum Gasteiger partial charge on any atom is 0.245 e. The molecule has 1 saturated heterocycles. The molecular formula is C16H21FN2O2. The summed E-state index contributed by atoms with van der Waals surface area (Å²) in [6.45, 7) is 6.17. The Bertz CT molecular complexity index is 559. The molecule has 0 aromatic heterocycles. The lowest BCUT2D eigenvalue weighted by molar-refractivity contribution is -0.155. The zero-order valence-corrected chi connectivity index (χ0v) is 12.7. The second kappa shape index (κ2) is 6.24. The molecule has 5 heteroatoms. The molecule has 1 aliphatic rings. The second-order valence-corrected chi connectivity index (χ2v) is 5.51. The lowest BCUT2D eigenvalue weighted by Crippen LogP contribution is -2.58. The van der Waals surface area contributed by atoms with E-state index in [0.29, 0.717) is 17.7 Å². The summed E-state index contributed by atoms with van der Waals surface area (Å²) in [6, 6.07) is 4.57. The van der Waals surface area contributed by atoms with Crippen molar-refractivity contribution < 1.29 is 14.0 Å². The van der Waals surface area contributed by atoms with E-state index in [1.165, 1.54) is 4.90 Å². The molecule has 0 spiro atoms. The highest BCUT2D eigenvalue weighted by molar-refractivity contribution is 5.94. The van der Waals surface area contributed by atoms with Crippen LogP contribution >= 0.6 is 0 Å². The molecule has 1 aromatic carbocycles. The number of piperazine rings is 1. The van der Waals surface area contributed by atoms with Gasteiger partial charge in [-0.05, 0) is 25.8 Å². The van der Waals surface area contributed by atoms with Crippen molar-refractivity contribution in [2.75, 3.05) is 13.1 Å². The monoisotopic (exact) mass is 292 g/mol. The molecule has 0 unspecified atom stereocenters. The summed E-state index contributed by atoms with van der Waals surface area (Å²) in [5, 5.41) is 0. The third kappa shape index (κ3) is 3.06. The number of hydrogen-bond donors (Lipinski definition) is 0. The van der Waals surface area contributed by atoms with Gasteiger partial charge in [0.05, 0.1) is 6.54 Å². The first-order chi connectivity index (χ1) is 9.95. The fourth-order valence-electron chi connectivity index (χ4n) is 2.64. The van der Waals surface area contributed by atoms with Crippen molar-refractivity contribution in [1.29, 1.82) is 0 Å². The fraction of sp³-hybridized carbons (Fsp3) is 0.500. The van der Waals surface area contributed by atoms with Crippen molar-refractivity contribution >= 4 is 11.8 Å². The topological polar surface area (TPSA) is 40.6 Å². The molecule has 0 radical (unpaired) electrons. The third-order valence-electron chi connectivity index (χ3n) is 3.89. The van der Waals surface area contributed by atoms with Gasteiger partial charge in [0.25, 0.3) is 0 Å². The van der Waals surface area contributed by atoms with Crippen LogP contribution in [0.25, 0.3) is 0 Å². The Hall–Kier alpha value is -1.91. The molecule has 4 nitrogen and oxygen atoms in total. The van der Waals surface area contributed by atoms with Crippen LogP contribution in [0.15, 0.2) is 18.2 Å². The minimum absolute atomic E-state index is 0.0653. The van der Waals surface area contributed by atoms with Crippen LogP contribution in [0.5, 0.6) is 0 Å². The average molecular weight is 292 g/mol. The molecule has 114 valence electrons. The summed E-state index contributed by atoms with van der Waals surface area (Å²) in [6.07, 6.45) is 0.818. The number of aryl methyl sites for hydroxylation is 1. The van der Waals surface area contributed by atoms with Gasteiger partial charge < -0.3 is 9.80 Å². The number of carbonyl (C=O) groups is 2. The van der Waals surface area contributed by atoms with Crippen molar-refractivity contribution in [3.63, 3.8) is 0 Å². The molecule has 1 aliphatic heterocycles. The Kier molecular flexibility index (Phi) is 4.60. The molecule has 1 aromatic rings. The van der Waals surface area contributed by atoms with Gasteiger partial charge in [0.2, 0.25) is 11.8 Å². The van der Waals surface area contributed by atoms with Gasteiger partial charge in [0.15, 0.2) is 0 Å². The predicted octanol–water partition coefficient (Wildman–Crippen LogP) is 2.10. The quantitative estimate of drug-likeness (QED) is 0.852. The highest BCUT2D eigenvalue weighted by Gasteiger charge is 2.36. The van der Waals surface area contributed by atoms with E-state index in [9.17, 15) is 14.0 Å². The maximum absolute atomic E-state index is 14.1. The summed E-state index contributed by atoms with van der Waals surface area (Å²) in [5.74, 6) is -0.498. The van der Waals surface area contributed by atoms with Crippen LogP contribution in [0, 0.1) is 12.7 Å². The molecule has 2 rings (SSSR count). The standard InChI is InChI=1S/C16H21FN2O2/c1-4-8-18-10-14(20)19(12(3)16(18)21)9-13-7-5-6-11(2)15(13)17/h5-7,12H,4,8-10H2,1-3H3/t12-/m0/s1. The molecule has 1 atom stereocenters. The summed E-state index contributed by atoms with van der Waals surface area (Å²) >= 11 is 0. The number of amides is 2. The lowest BCUT2D eigenvalue weighted by atomic mass is 10.1. The molecule has 2 amide bonds. The van der Waals surface area contributed by atoms with Gasteiger partial charge in [-0.25, -0.2) is 4.39 Å². The van der Waals surface area contributed by atoms with E-state index < -0.39 is 6.04 Å². The third-order valence-corrected chi connectivity index (χ3v) is 3.89. The van der Waals surface area contributed by atoms with Crippen molar-refractivity contribution in [1.82, 2.24) is 9.80 Å². The van der Waals surface area contributed by atoms with Gasteiger partial charge in [-0.2, -0.15) is 0 Å². The van der Waals surface area contributed by atoms with Gasteiger partial charge >= 0.3 is 0 Å². The first-order valence-electron chi connectivity index (χ1n) is 7.28. The Morgan fingerprint density at radius 3 is 2.71 bits per heavy atom. The maximum atomic E-state index is 14.1. The van der Waals surface area contributed by atoms with Crippen LogP contribution in [0.4, 0.5) is 4.39 Å². The summed E-state index contributed by atoms with van der Waals surface area (Å²) in [7, 11) is 0. The van der Waals surface area contributed by atoms with Gasteiger partial charge in [-0.1, -0.05) is 25.1 Å². The van der Waals surface area contributed by atoms with Crippen LogP contribution in [-0.2, 0) is 16.1 Å². The minimum atomic E-state index is -0.544. The SMILES string of the molecule is CCCN1CC(=O)N(Cc2cccc(C)c2F)[C@@H](C)C1=O. The molecule has 1 heterocycles. The highest BCUT2D eigenvalue weighted by atomic mass is 19.1. The number of halogens is 1. The van der Waals surface area contributed by atoms with Crippen LogP contribution in [0.3, 0.4) is 0 Å². The predicted molar refractivity (Wildman–Crippen MR) is 78.0 cm³/mol. The van der Waals surface area contributed by atoms with Gasteiger partial charge in [0.1, 0.15) is 11.9 Å². The van der Waals surface area contributed by atoms with Crippen LogP contribution < -0.4 is 0 Å². The van der Waals surface area contributed by atoms with Gasteiger partial charge in [-0.3, -0.25) is 9.59 Å². The number of benzene rings is 1. The average Bonchev–Trinajstić information content (AvgIpc) is 2.45. The van der Waals surface area contributed by atoms with E-state index in [0.717, 1.165) is 6.42 Å². The number of hydrogen-bond acceptors (Lipinski definition) is 2. The Morgan fingerprint density at radius 2 is 2.05 bits per heavy atom. The van der Waals surface area contributed by atoms with E-state index in [1.54, 1.807) is 36.9 Å².